The zero-order valence-corrected chi connectivity index (χ0v) is 9.48. The van der Waals surface area contributed by atoms with Gasteiger partial charge in [0.2, 0.25) is 11.8 Å². The Morgan fingerprint density at radius 2 is 2.29 bits per heavy atom. The Hall–Kier alpha value is -2.04. The van der Waals surface area contributed by atoms with Gasteiger partial charge in [-0.2, -0.15) is 0 Å². The number of hydrogen-bond donors (Lipinski definition) is 2. The van der Waals surface area contributed by atoms with Crippen molar-refractivity contribution in [2.45, 2.75) is 12.8 Å². The molecule has 1 aromatic rings. The van der Waals surface area contributed by atoms with Crippen LogP contribution in [0.25, 0.3) is 0 Å². The molecule has 0 aromatic heterocycles. The molecule has 0 radical (unpaired) electrons. The van der Waals surface area contributed by atoms with Crippen molar-refractivity contribution in [3.63, 3.8) is 0 Å². The number of carbonyl (C=O) groups excluding carboxylic acids is 2. The van der Waals surface area contributed by atoms with Gasteiger partial charge in [-0.15, -0.1) is 0 Å². The lowest BCUT2D eigenvalue weighted by molar-refractivity contribution is -0.131. The number of hydrogen-bond acceptors (Lipinski definition) is 3. The van der Waals surface area contributed by atoms with Crippen LogP contribution in [-0.2, 0) is 9.59 Å². The van der Waals surface area contributed by atoms with Crippen molar-refractivity contribution < 1.29 is 9.59 Å². The van der Waals surface area contributed by atoms with Gasteiger partial charge in [-0.05, 0) is 24.6 Å². The van der Waals surface area contributed by atoms with Crippen molar-refractivity contribution in [3.8, 4) is 0 Å². The molecule has 2 amide bonds. The first-order valence-electron chi connectivity index (χ1n) is 5.58. The van der Waals surface area contributed by atoms with E-state index < -0.39 is 0 Å². The maximum atomic E-state index is 11.7. The third kappa shape index (κ3) is 2.96. The highest BCUT2D eigenvalue weighted by molar-refractivity contribution is 5.95. The molecule has 1 aliphatic rings. The van der Waals surface area contributed by atoms with Gasteiger partial charge < -0.3 is 16.0 Å². The zero-order valence-electron chi connectivity index (χ0n) is 9.48. The van der Waals surface area contributed by atoms with E-state index in [1.807, 2.05) is 0 Å². The van der Waals surface area contributed by atoms with Gasteiger partial charge in [-0.25, -0.2) is 0 Å². The maximum absolute atomic E-state index is 11.7. The summed E-state index contributed by atoms with van der Waals surface area (Å²) in [5.41, 5.74) is 6.86. The van der Waals surface area contributed by atoms with Crippen LogP contribution in [0.5, 0.6) is 0 Å². The average Bonchev–Trinajstić information content (AvgIpc) is 2.64. The van der Waals surface area contributed by atoms with Gasteiger partial charge in [0.05, 0.1) is 6.54 Å². The third-order valence-electron chi connectivity index (χ3n) is 2.68. The Balaban J connectivity index is 1.91. The monoisotopic (exact) mass is 233 g/mol. The molecule has 0 atom stereocenters. The van der Waals surface area contributed by atoms with Crippen molar-refractivity contribution in [3.05, 3.63) is 24.3 Å². The van der Waals surface area contributed by atoms with E-state index >= 15 is 0 Å². The number of nitrogens with zero attached hydrogens (tertiary/aromatic N) is 1. The van der Waals surface area contributed by atoms with Gasteiger partial charge in [0.15, 0.2) is 0 Å². The molecule has 17 heavy (non-hydrogen) atoms. The molecule has 5 heteroatoms. The van der Waals surface area contributed by atoms with Gasteiger partial charge >= 0.3 is 0 Å². The van der Waals surface area contributed by atoms with Crippen LogP contribution in [0.1, 0.15) is 12.8 Å². The Morgan fingerprint density at radius 1 is 1.47 bits per heavy atom. The number of carbonyl (C=O) groups is 2. The maximum Gasteiger partial charge on any atom is 0.243 e. The SMILES string of the molecule is Nc1cccc(NC(=O)CN2CCCC2=O)c1. The van der Waals surface area contributed by atoms with Gasteiger partial charge in [0, 0.05) is 24.3 Å². The molecule has 0 unspecified atom stereocenters. The van der Waals surface area contributed by atoms with Crippen LogP contribution in [0.3, 0.4) is 0 Å². The largest absolute Gasteiger partial charge is 0.399 e. The lowest BCUT2D eigenvalue weighted by Crippen LogP contribution is -2.33. The van der Waals surface area contributed by atoms with Crippen LogP contribution < -0.4 is 11.1 Å². The minimum atomic E-state index is -0.189. The molecule has 1 heterocycles. The molecule has 0 bridgehead atoms. The Labute approximate surface area is 99.6 Å². The molecule has 1 aromatic carbocycles. The number of likely N-dealkylation sites (tertiary alicyclic amines) is 1. The molecule has 1 aliphatic heterocycles. The first-order valence-corrected chi connectivity index (χ1v) is 5.58. The van der Waals surface area contributed by atoms with Gasteiger partial charge in [-0.3, -0.25) is 9.59 Å². The lowest BCUT2D eigenvalue weighted by Gasteiger charge is -2.15. The van der Waals surface area contributed by atoms with E-state index in [1.165, 1.54) is 0 Å². The molecule has 90 valence electrons. The van der Waals surface area contributed by atoms with Crippen molar-refractivity contribution >= 4 is 23.2 Å². The van der Waals surface area contributed by atoms with E-state index in [4.69, 9.17) is 5.73 Å². The van der Waals surface area contributed by atoms with E-state index in [1.54, 1.807) is 29.2 Å². The molecule has 3 N–H and O–H groups in total. The number of benzene rings is 1. The van der Waals surface area contributed by atoms with Crippen LogP contribution in [-0.4, -0.2) is 29.8 Å². The second kappa shape index (κ2) is 4.86. The van der Waals surface area contributed by atoms with Crippen LogP contribution in [0, 0.1) is 0 Å². The molecule has 1 fully saturated rings. The van der Waals surface area contributed by atoms with Crippen molar-refractivity contribution in [2.75, 3.05) is 24.1 Å². The van der Waals surface area contributed by atoms with E-state index in [2.05, 4.69) is 5.32 Å². The van der Waals surface area contributed by atoms with Gasteiger partial charge in [0.1, 0.15) is 0 Å². The Kier molecular flexibility index (Phi) is 3.27. The molecule has 1 saturated heterocycles. The molecular weight excluding hydrogens is 218 g/mol. The number of amides is 2. The van der Waals surface area contributed by atoms with Crippen LogP contribution in [0.2, 0.25) is 0 Å². The molecule has 0 spiro atoms. The Morgan fingerprint density at radius 3 is 2.94 bits per heavy atom. The summed E-state index contributed by atoms with van der Waals surface area (Å²) in [7, 11) is 0. The van der Waals surface area contributed by atoms with Gasteiger partial charge in [0.25, 0.3) is 0 Å². The summed E-state index contributed by atoms with van der Waals surface area (Å²) in [4.78, 5) is 24.6. The number of nitrogens with one attached hydrogen (secondary N) is 1. The second-order valence-corrected chi connectivity index (χ2v) is 4.09. The fourth-order valence-corrected chi connectivity index (χ4v) is 1.86. The summed E-state index contributed by atoms with van der Waals surface area (Å²) >= 11 is 0. The third-order valence-corrected chi connectivity index (χ3v) is 2.68. The first kappa shape index (κ1) is 11.4. The molecular formula is C12H15N3O2. The average molecular weight is 233 g/mol. The minimum absolute atomic E-state index is 0.0488. The number of nitrogen functional groups attached to an aromatic ring is 1. The fourth-order valence-electron chi connectivity index (χ4n) is 1.86. The predicted octanol–water partition coefficient (Wildman–Crippen LogP) is 0.830. The highest BCUT2D eigenvalue weighted by atomic mass is 16.2. The van der Waals surface area contributed by atoms with Crippen LogP contribution in [0.4, 0.5) is 11.4 Å². The Bertz CT molecular complexity index is 445. The highest BCUT2D eigenvalue weighted by Gasteiger charge is 2.22. The number of nitrogens with two attached hydrogens (primary N) is 1. The zero-order chi connectivity index (χ0) is 12.3. The predicted molar refractivity (Wildman–Crippen MR) is 65.3 cm³/mol. The molecule has 5 nitrogen and oxygen atoms in total. The first-order chi connectivity index (χ1) is 8.15. The molecule has 0 aliphatic carbocycles. The summed E-state index contributed by atoms with van der Waals surface area (Å²) in [6.07, 6.45) is 1.38. The highest BCUT2D eigenvalue weighted by Crippen LogP contribution is 2.13. The minimum Gasteiger partial charge on any atom is -0.399 e. The lowest BCUT2D eigenvalue weighted by atomic mass is 10.3. The number of rotatable bonds is 3. The van der Waals surface area contributed by atoms with E-state index in [9.17, 15) is 9.59 Å². The van der Waals surface area contributed by atoms with E-state index in [-0.39, 0.29) is 18.4 Å². The summed E-state index contributed by atoms with van der Waals surface area (Å²) < 4.78 is 0. The van der Waals surface area contributed by atoms with E-state index in [0.717, 1.165) is 6.42 Å². The smallest absolute Gasteiger partial charge is 0.243 e. The fraction of sp³-hybridized carbons (Fsp3) is 0.333. The summed E-state index contributed by atoms with van der Waals surface area (Å²) in [5.74, 6) is -0.140. The van der Waals surface area contributed by atoms with Crippen LogP contribution >= 0.6 is 0 Å². The molecule has 2 rings (SSSR count). The summed E-state index contributed by atoms with van der Waals surface area (Å²) in [6.45, 7) is 0.789. The molecule has 0 saturated carbocycles. The van der Waals surface area contributed by atoms with Crippen molar-refractivity contribution in [1.29, 1.82) is 0 Å². The van der Waals surface area contributed by atoms with Crippen LogP contribution in [0.15, 0.2) is 24.3 Å². The normalized spacial score (nSPS) is 15.1. The topological polar surface area (TPSA) is 75.4 Å². The summed E-state index contributed by atoms with van der Waals surface area (Å²) in [5, 5.41) is 2.72. The van der Waals surface area contributed by atoms with Gasteiger partial charge in [-0.1, -0.05) is 6.07 Å². The quantitative estimate of drug-likeness (QED) is 0.759. The van der Waals surface area contributed by atoms with Crippen molar-refractivity contribution in [1.82, 2.24) is 4.90 Å². The van der Waals surface area contributed by atoms with E-state index in [0.29, 0.717) is 24.3 Å². The number of anilines is 2. The summed E-state index contributed by atoms with van der Waals surface area (Å²) in [6, 6.07) is 6.97. The second-order valence-electron chi connectivity index (χ2n) is 4.09. The van der Waals surface area contributed by atoms with Crippen molar-refractivity contribution in [2.24, 2.45) is 0 Å². The standard InChI is InChI=1S/C12H15N3O2/c13-9-3-1-4-10(7-9)14-11(16)8-15-6-2-5-12(15)17/h1,3-4,7H,2,5-6,8,13H2,(H,14,16).